The number of piperazine rings is 1. The van der Waals surface area contributed by atoms with Gasteiger partial charge in [-0.15, -0.1) is 0 Å². The lowest BCUT2D eigenvalue weighted by molar-refractivity contribution is 0.355. The van der Waals surface area contributed by atoms with Crippen molar-refractivity contribution in [2.24, 2.45) is 0 Å². The Bertz CT molecular complexity index is 975. The summed E-state index contributed by atoms with van der Waals surface area (Å²) in [4.78, 5) is 15.8. The number of rotatable bonds is 6. The molecule has 0 aliphatic carbocycles. The number of benzene rings is 1. The minimum atomic E-state index is 0.504. The molecule has 2 aromatic heterocycles. The predicted octanol–water partition coefficient (Wildman–Crippen LogP) is 2.71. The fourth-order valence-corrected chi connectivity index (χ4v) is 3.38. The average molecular weight is 392 g/mol. The first kappa shape index (κ1) is 18.9. The number of nitrogens with one attached hydrogen (secondary N) is 2. The first-order valence-electron chi connectivity index (χ1n) is 9.50. The van der Waals surface area contributed by atoms with Gasteiger partial charge in [0.15, 0.2) is 11.5 Å². The quantitative estimate of drug-likeness (QED) is 0.662. The van der Waals surface area contributed by atoms with E-state index in [2.05, 4.69) is 25.5 Å². The van der Waals surface area contributed by atoms with E-state index in [1.807, 2.05) is 42.7 Å². The van der Waals surface area contributed by atoms with Crippen molar-refractivity contribution in [3.05, 3.63) is 48.9 Å². The highest BCUT2D eigenvalue weighted by molar-refractivity contribution is 5.76. The summed E-state index contributed by atoms with van der Waals surface area (Å²) in [6, 6.07) is 9.54. The molecule has 0 unspecified atom stereocenters. The molecular formula is C21H24N6O2. The number of nitrogens with zero attached hydrogens (tertiary/aromatic N) is 4. The number of methoxy groups -OCH3 is 2. The van der Waals surface area contributed by atoms with Crippen molar-refractivity contribution in [3.8, 4) is 22.8 Å². The Morgan fingerprint density at radius 1 is 1.00 bits per heavy atom. The van der Waals surface area contributed by atoms with Crippen LogP contribution in [0.3, 0.4) is 0 Å². The summed E-state index contributed by atoms with van der Waals surface area (Å²) in [5.41, 5.74) is 3.77. The van der Waals surface area contributed by atoms with E-state index in [1.165, 1.54) is 0 Å². The van der Waals surface area contributed by atoms with Crippen LogP contribution in [0.5, 0.6) is 11.5 Å². The molecule has 0 bridgehead atoms. The maximum absolute atomic E-state index is 5.37. The molecule has 29 heavy (non-hydrogen) atoms. The summed E-state index contributed by atoms with van der Waals surface area (Å²) in [6.45, 7) is 3.85. The minimum Gasteiger partial charge on any atom is -0.493 e. The van der Waals surface area contributed by atoms with Crippen LogP contribution in [-0.4, -0.2) is 55.4 Å². The zero-order valence-corrected chi connectivity index (χ0v) is 16.6. The number of anilines is 3. The summed E-state index contributed by atoms with van der Waals surface area (Å²) >= 11 is 0. The van der Waals surface area contributed by atoms with Gasteiger partial charge in [0.1, 0.15) is 0 Å². The molecule has 0 spiro atoms. The molecule has 8 nitrogen and oxygen atoms in total. The Morgan fingerprint density at radius 2 is 1.83 bits per heavy atom. The van der Waals surface area contributed by atoms with Gasteiger partial charge < -0.3 is 25.0 Å². The van der Waals surface area contributed by atoms with Crippen molar-refractivity contribution in [2.75, 3.05) is 50.6 Å². The van der Waals surface area contributed by atoms with Gasteiger partial charge >= 0.3 is 0 Å². The van der Waals surface area contributed by atoms with Gasteiger partial charge in [-0.3, -0.25) is 4.98 Å². The Morgan fingerprint density at radius 3 is 2.62 bits per heavy atom. The van der Waals surface area contributed by atoms with Gasteiger partial charge in [-0.25, -0.2) is 9.97 Å². The topological polar surface area (TPSA) is 84.4 Å². The summed E-state index contributed by atoms with van der Waals surface area (Å²) < 4.78 is 10.7. The molecule has 0 atom stereocenters. The molecule has 0 amide bonds. The van der Waals surface area contributed by atoms with E-state index in [4.69, 9.17) is 14.5 Å². The normalized spacial score (nSPS) is 13.8. The molecule has 4 rings (SSSR count). The van der Waals surface area contributed by atoms with E-state index < -0.39 is 0 Å². The molecule has 1 aromatic carbocycles. The third kappa shape index (κ3) is 4.22. The molecule has 3 aromatic rings. The van der Waals surface area contributed by atoms with Gasteiger partial charge in [0.2, 0.25) is 5.95 Å². The summed E-state index contributed by atoms with van der Waals surface area (Å²) in [5.74, 6) is 1.82. The highest BCUT2D eigenvalue weighted by atomic mass is 16.5. The van der Waals surface area contributed by atoms with Gasteiger partial charge in [-0.05, 0) is 24.3 Å². The predicted molar refractivity (Wildman–Crippen MR) is 113 cm³/mol. The summed E-state index contributed by atoms with van der Waals surface area (Å²) in [5, 5.41) is 6.62. The molecule has 1 fully saturated rings. The lowest BCUT2D eigenvalue weighted by Gasteiger charge is -2.30. The first-order chi connectivity index (χ1) is 14.3. The lowest BCUT2D eigenvalue weighted by atomic mass is 10.1. The standard InChI is InChI=1S/C21H24N6O2/c1-28-19-4-3-15(13-20(19)29-2)25-21-24-8-5-17(26-21)16-14-23-7-6-18(16)27-11-9-22-10-12-27/h3-8,13-14,22H,9-12H2,1-2H3,(H,24,25,26). The molecule has 150 valence electrons. The number of aromatic nitrogens is 3. The minimum absolute atomic E-state index is 0.504. The average Bonchev–Trinajstić information content (AvgIpc) is 2.80. The number of pyridine rings is 1. The first-order valence-corrected chi connectivity index (χ1v) is 9.50. The molecule has 0 saturated carbocycles. The Hall–Kier alpha value is -3.39. The van der Waals surface area contributed by atoms with Crippen molar-refractivity contribution in [1.29, 1.82) is 0 Å². The molecule has 1 aliphatic rings. The summed E-state index contributed by atoms with van der Waals surface area (Å²) in [6.07, 6.45) is 5.44. The maximum atomic E-state index is 5.37. The van der Waals surface area contributed by atoms with Gasteiger partial charge in [-0.1, -0.05) is 0 Å². The van der Waals surface area contributed by atoms with Crippen LogP contribution in [0.25, 0.3) is 11.3 Å². The number of hydrogen-bond donors (Lipinski definition) is 2. The van der Waals surface area contributed by atoms with Crippen molar-refractivity contribution in [2.45, 2.75) is 0 Å². The molecule has 1 saturated heterocycles. The van der Waals surface area contributed by atoms with Gasteiger partial charge in [0.05, 0.1) is 19.9 Å². The third-order valence-corrected chi connectivity index (χ3v) is 4.83. The second-order valence-corrected chi connectivity index (χ2v) is 6.59. The zero-order valence-electron chi connectivity index (χ0n) is 16.6. The van der Waals surface area contributed by atoms with E-state index in [1.54, 1.807) is 20.4 Å². The smallest absolute Gasteiger partial charge is 0.227 e. The van der Waals surface area contributed by atoms with Crippen molar-refractivity contribution in [1.82, 2.24) is 20.3 Å². The Labute approximate surface area is 169 Å². The van der Waals surface area contributed by atoms with Crippen molar-refractivity contribution < 1.29 is 9.47 Å². The summed E-state index contributed by atoms with van der Waals surface area (Å²) in [7, 11) is 3.22. The van der Waals surface area contributed by atoms with Crippen LogP contribution in [0.15, 0.2) is 48.9 Å². The van der Waals surface area contributed by atoms with Crippen molar-refractivity contribution in [3.63, 3.8) is 0 Å². The van der Waals surface area contributed by atoms with E-state index in [0.717, 1.165) is 48.8 Å². The molecule has 8 heteroatoms. The highest BCUT2D eigenvalue weighted by Crippen LogP contribution is 2.32. The van der Waals surface area contributed by atoms with Gasteiger partial charge in [0, 0.05) is 67.8 Å². The second-order valence-electron chi connectivity index (χ2n) is 6.59. The van der Waals surface area contributed by atoms with Crippen LogP contribution >= 0.6 is 0 Å². The van der Waals surface area contributed by atoms with Crippen LogP contribution in [0.4, 0.5) is 17.3 Å². The van der Waals surface area contributed by atoms with Crippen LogP contribution < -0.4 is 25.0 Å². The molecule has 3 heterocycles. The number of ether oxygens (including phenoxy) is 2. The largest absolute Gasteiger partial charge is 0.493 e. The van der Waals surface area contributed by atoms with Crippen LogP contribution in [0, 0.1) is 0 Å². The van der Waals surface area contributed by atoms with Crippen LogP contribution in [0.1, 0.15) is 0 Å². The monoisotopic (exact) mass is 392 g/mol. The zero-order chi connectivity index (χ0) is 20.1. The highest BCUT2D eigenvalue weighted by Gasteiger charge is 2.16. The second kappa shape index (κ2) is 8.74. The fourth-order valence-electron chi connectivity index (χ4n) is 3.38. The molecular weight excluding hydrogens is 368 g/mol. The van der Waals surface area contributed by atoms with Gasteiger partial charge in [0.25, 0.3) is 0 Å². The Kier molecular flexibility index (Phi) is 5.71. The lowest BCUT2D eigenvalue weighted by Crippen LogP contribution is -2.43. The van der Waals surface area contributed by atoms with E-state index >= 15 is 0 Å². The third-order valence-electron chi connectivity index (χ3n) is 4.83. The fraction of sp³-hybridized carbons (Fsp3) is 0.286. The molecule has 1 aliphatic heterocycles. The van der Waals surface area contributed by atoms with E-state index in [9.17, 15) is 0 Å². The van der Waals surface area contributed by atoms with E-state index in [-0.39, 0.29) is 0 Å². The maximum Gasteiger partial charge on any atom is 0.227 e. The van der Waals surface area contributed by atoms with E-state index in [0.29, 0.717) is 17.4 Å². The molecule has 2 N–H and O–H groups in total. The molecule has 0 radical (unpaired) electrons. The van der Waals surface area contributed by atoms with Gasteiger partial charge in [-0.2, -0.15) is 0 Å². The Balaban J connectivity index is 1.62. The van der Waals surface area contributed by atoms with Crippen LogP contribution in [-0.2, 0) is 0 Å². The van der Waals surface area contributed by atoms with Crippen molar-refractivity contribution >= 4 is 17.3 Å². The number of hydrogen-bond acceptors (Lipinski definition) is 8. The SMILES string of the molecule is COc1ccc(Nc2nccc(-c3cnccc3N3CCNCC3)n2)cc1OC. The van der Waals surface area contributed by atoms with Crippen LogP contribution in [0.2, 0.25) is 0 Å².